The Morgan fingerprint density at radius 1 is 1.28 bits per heavy atom. The maximum Gasteiger partial charge on any atom is 0.271 e. The van der Waals surface area contributed by atoms with E-state index in [1.165, 1.54) is 30.3 Å². The molecule has 2 aliphatic rings. The lowest BCUT2D eigenvalue weighted by Crippen LogP contribution is -2.60. The number of phenolic OH excluding ortho intramolecular Hbond substituents is 1. The summed E-state index contributed by atoms with van der Waals surface area (Å²) in [5, 5.41) is 23.5. The highest BCUT2D eigenvalue weighted by Crippen LogP contribution is 2.59. The van der Waals surface area contributed by atoms with E-state index in [0.717, 1.165) is 7.17 Å². The molecule has 1 aliphatic carbocycles. The summed E-state index contributed by atoms with van der Waals surface area (Å²) in [6, 6.07) is 8.56. The van der Waals surface area contributed by atoms with Crippen LogP contribution in [0.4, 0.5) is 10.5 Å². The Kier molecular flexibility index (Phi) is 2.99. The minimum atomic E-state index is -2.22. The number of amides is 1. The maximum absolute atomic E-state index is 13.3. The summed E-state index contributed by atoms with van der Waals surface area (Å²) in [5.41, 5.74) is 4.51. The summed E-state index contributed by atoms with van der Waals surface area (Å²) in [6.07, 6.45) is 0. The molecule has 1 aliphatic heterocycles. The molecule has 9 heteroatoms. The summed E-state index contributed by atoms with van der Waals surface area (Å²) in [6.45, 7) is 0. The van der Waals surface area contributed by atoms with Crippen LogP contribution in [0.5, 0.6) is 11.5 Å². The van der Waals surface area contributed by atoms with Crippen LogP contribution in [-0.2, 0) is 11.3 Å². The molecule has 0 aromatic heterocycles. The van der Waals surface area contributed by atoms with Gasteiger partial charge in [-0.05, 0) is 18.2 Å². The van der Waals surface area contributed by atoms with Crippen LogP contribution in [0.25, 0.3) is 0 Å². The number of phenols is 1. The number of ether oxygens (including phenoxy) is 1. The van der Waals surface area contributed by atoms with Crippen LogP contribution in [0.2, 0.25) is 0 Å². The Balaban J connectivity index is 2.05. The van der Waals surface area contributed by atoms with Gasteiger partial charge in [0.25, 0.3) is 5.79 Å². The van der Waals surface area contributed by atoms with Gasteiger partial charge in [-0.2, -0.15) is 0 Å². The summed E-state index contributed by atoms with van der Waals surface area (Å²) in [5.74, 6) is -3.66. The molecule has 2 aromatic carbocycles. The third-order valence-electron chi connectivity index (χ3n) is 4.63. The molecule has 5 N–H and O–H groups in total. The number of aromatic hydroxyl groups is 1. The van der Waals surface area contributed by atoms with Crippen molar-refractivity contribution in [3.63, 3.8) is 0 Å². The van der Waals surface area contributed by atoms with E-state index >= 15 is 0 Å². The molecule has 7 nitrogen and oxygen atoms in total. The van der Waals surface area contributed by atoms with Gasteiger partial charge in [0.05, 0.1) is 5.56 Å². The molecular formula is C16H11B2N2O5. The van der Waals surface area contributed by atoms with E-state index in [-0.39, 0.29) is 33.9 Å². The van der Waals surface area contributed by atoms with Crippen molar-refractivity contribution in [3.05, 3.63) is 53.1 Å². The van der Waals surface area contributed by atoms with Gasteiger partial charge in [-0.15, -0.1) is 0 Å². The van der Waals surface area contributed by atoms with Crippen molar-refractivity contribution in [3.8, 4) is 11.5 Å². The number of fused-ring (bicyclic) bond motifs is 5. The van der Waals surface area contributed by atoms with Gasteiger partial charge in [0, 0.05) is 30.6 Å². The van der Waals surface area contributed by atoms with E-state index < -0.39 is 22.9 Å². The summed E-state index contributed by atoms with van der Waals surface area (Å²) in [7, 11) is 6.01. The molecule has 3 radical (unpaired) electrons. The van der Waals surface area contributed by atoms with Crippen LogP contribution in [0.15, 0.2) is 36.4 Å². The van der Waals surface area contributed by atoms with Crippen molar-refractivity contribution in [2.75, 3.05) is 5.73 Å². The molecule has 0 unspecified atom stereocenters. The predicted octanol–water partition coefficient (Wildman–Crippen LogP) is 0.101. The SMILES string of the molecule is [B][B]C(=O)N[C@@]12C(=O)c3c(N)cccc3[C@]1(O)Oc1cc(O)ccc12. The highest BCUT2D eigenvalue weighted by atomic mass is 16.6. The van der Waals surface area contributed by atoms with E-state index in [4.69, 9.17) is 18.2 Å². The molecule has 121 valence electrons. The van der Waals surface area contributed by atoms with Crippen LogP contribution in [0.1, 0.15) is 21.5 Å². The number of ketones is 1. The van der Waals surface area contributed by atoms with Gasteiger partial charge in [-0.3, -0.25) is 9.59 Å². The van der Waals surface area contributed by atoms with E-state index in [2.05, 4.69) is 5.32 Å². The zero-order valence-electron chi connectivity index (χ0n) is 12.8. The average Bonchev–Trinajstić information content (AvgIpc) is 2.92. The average molecular weight is 333 g/mol. The van der Waals surface area contributed by atoms with Crippen molar-refractivity contribution >= 4 is 32.2 Å². The van der Waals surface area contributed by atoms with Crippen LogP contribution in [-0.4, -0.2) is 36.7 Å². The number of carbonyl (C=O) groups excluding carboxylic acids is 2. The number of rotatable bonds is 2. The van der Waals surface area contributed by atoms with Gasteiger partial charge in [0.2, 0.25) is 11.3 Å². The Hall–Kier alpha value is -2.93. The van der Waals surface area contributed by atoms with Gasteiger partial charge in [-0.25, -0.2) is 0 Å². The molecule has 0 saturated carbocycles. The Bertz CT molecular complexity index is 950. The van der Waals surface area contributed by atoms with Crippen molar-refractivity contribution in [2.24, 2.45) is 0 Å². The molecule has 2 atom stereocenters. The highest BCUT2D eigenvalue weighted by molar-refractivity contribution is 7.08. The zero-order chi connectivity index (χ0) is 18.0. The predicted molar refractivity (Wildman–Crippen MR) is 89.5 cm³/mol. The first-order valence-electron chi connectivity index (χ1n) is 7.41. The lowest BCUT2D eigenvalue weighted by molar-refractivity contribution is -0.168. The van der Waals surface area contributed by atoms with E-state index in [1.807, 2.05) is 0 Å². The van der Waals surface area contributed by atoms with Gasteiger partial charge in [-0.1, -0.05) is 12.1 Å². The number of carbonyl (C=O) groups is 2. The van der Waals surface area contributed by atoms with Crippen LogP contribution in [0.3, 0.4) is 0 Å². The number of hydrogen-bond donors (Lipinski definition) is 4. The standard InChI is InChI=1S/C16H11B2N2O5/c17-18-14(23)20-15-8-5-4-7(21)6-11(8)25-16(15,24)9-2-1-3-10(19)12(9)13(15)22/h1-6,21,24H,19H2,(H,20,23)/t15-,16-/m0/s1. The third-order valence-corrected chi connectivity index (χ3v) is 4.63. The zero-order valence-corrected chi connectivity index (χ0v) is 12.8. The lowest BCUT2D eigenvalue weighted by Gasteiger charge is -2.34. The fourth-order valence-electron chi connectivity index (χ4n) is 3.59. The largest absolute Gasteiger partial charge is 0.508 e. The molecular weight excluding hydrogens is 322 g/mol. The summed E-state index contributed by atoms with van der Waals surface area (Å²) >= 11 is 0. The van der Waals surface area contributed by atoms with Crippen LogP contribution < -0.4 is 15.8 Å². The molecule has 2 aromatic rings. The minimum absolute atomic E-state index is 0.0704. The smallest absolute Gasteiger partial charge is 0.271 e. The van der Waals surface area contributed by atoms with Crippen LogP contribution >= 0.6 is 0 Å². The van der Waals surface area contributed by atoms with Crippen molar-refractivity contribution < 1.29 is 24.5 Å². The monoisotopic (exact) mass is 333 g/mol. The fourth-order valence-corrected chi connectivity index (χ4v) is 3.59. The number of Topliss-reactive ketones (excluding diaryl/α,β-unsaturated/α-hetero) is 1. The molecule has 0 fully saturated rings. The first-order chi connectivity index (χ1) is 11.8. The number of nitrogens with one attached hydrogen (secondary N) is 1. The first kappa shape index (κ1) is 15.6. The van der Waals surface area contributed by atoms with E-state index in [0.29, 0.717) is 0 Å². The number of anilines is 1. The number of aliphatic hydroxyl groups is 1. The minimum Gasteiger partial charge on any atom is -0.508 e. The van der Waals surface area contributed by atoms with Crippen molar-refractivity contribution in [1.29, 1.82) is 0 Å². The molecule has 1 heterocycles. The van der Waals surface area contributed by atoms with Crippen LogP contribution in [0, 0.1) is 0 Å². The molecule has 0 bridgehead atoms. The quantitative estimate of drug-likeness (QED) is 0.457. The summed E-state index contributed by atoms with van der Waals surface area (Å²) < 4.78 is 5.65. The number of nitrogens with two attached hydrogens (primary N) is 1. The highest BCUT2D eigenvalue weighted by Gasteiger charge is 2.71. The molecule has 25 heavy (non-hydrogen) atoms. The lowest BCUT2D eigenvalue weighted by atomic mass is 9.55. The Morgan fingerprint density at radius 3 is 2.76 bits per heavy atom. The molecule has 0 saturated heterocycles. The topological polar surface area (TPSA) is 122 Å². The number of nitrogen functional groups attached to an aromatic ring is 1. The third kappa shape index (κ3) is 1.70. The number of hydrogen-bond acceptors (Lipinski definition) is 6. The van der Waals surface area contributed by atoms with Crippen molar-refractivity contribution in [2.45, 2.75) is 11.3 Å². The second-order valence-corrected chi connectivity index (χ2v) is 5.93. The molecule has 4 rings (SSSR count). The number of benzene rings is 2. The van der Waals surface area contributed by atoms with Gasteiger partial charge in [0.15, 0.2) is 13.0 Å². The Labute approximate surface area is 144 Å². The fraction of sp³-hybridized carbons (Fsp3) is 0.125. The van der Waals surface area contributed by atoms with E-state index in [1.54, 1.807) is 6.07 Å². The van der Waals surface area contributed by atoms with Gasteiger partial charge >= 0.3 is 0 Å². The van der Waals surface area contributed by atoms with E-state index in [9.17, 15) is 19.8 Å². The Morgan fingerprint density at radius 2 is 2.04 bits per heavy atom. The molecule has 0 spiro atoms. The second-order valence-electron chi connectivity index (χ2n) is 5.93. The van der Waals surface area contributed by atoms with Gasteiger partial charge in [0.1, 0.15) is 11.5 Å². The normalized spacial score (nSPS) is 25.6. The second kappa shape index (κ2) is 4.80. The van der Waals surface area contributed by atoms with Crippen molar-refractivity contribution in [1.82, 2.24) is 5.32 Å². The van der Waals surface area contributed by atoms with Gasteiger partial charge < -0.3 is 26.0 Å². The summed E-state index contributed by atoms with van der Waals surface area (Å²) in [4.78, 5) is 25.3. The first-order valence-corrected chi connectivity index (χ1v) is 7.41. The maximum atomic E-state index is 13.3. The molecule has 1 amide bonds.